The maximum Gasteiger partial charge on any atom is 0.133 e. The van der Waals surface area contributed by atoms with Crippen LogP contribution in [-0.4, -0.2) is 19.1 Å². The summed E-state index contributed by atoms with van der Waals surface area (Å²) in [6.07, 6.45) is 5.36. The Hall–Kier alpha value is -2.04. The van der Waals surface area contributed by atoms with Gasteiger partial charge in [-0.1, -0.05) is 26.8 Å². The van der Waals surface area contributed by atoms with Crippen molar-refractivity contribution in [1.29, 1.82) is 0 Å². The number of aromatic nitrogens is 4. The summed E-state index contributed by atoms with van der Waals surface area (Å²) in [4.78, 5) is 8.86. The highest BCUT2D eigenvalue weighted by atomic mass is 15.2. The van der Waals surface area contributed by atoms with Gasteiger partial charge in [0.05, 0.1) is 18.2 Å². The van der Waals surface area contributed by atoms with Crippen molar-refractivity contribution >= 4 is 5.82 Å². The highest BCUT2D eigenvalue weighted by Gasteiger charge is 2.25. The van der Waals surface area contributed by atoms with Crippen molar-refractivity contribution in [2.45, 2.75) is 32.7 Å². The van der Waals surface area contributed by atoms with Crippen molar-refractivity contribution in [2.24, 2.45) is 7.05 Å². The average Bonchev–Trinajstić information content (AvgIpc) is 2.84. The van der Waals surface area contributed by atoms with E-state index < -0.39 is 0 Å². The van der Waals surface area contributed by atoms with Crippen LogP contribution in [0.15, 0.2) is 25.2 Å². The van der Waals surface area contributed by atoms with Crippen LogP contribution >= 0.6 is 0 Å². The van der Waals surface area contributed by atoms with Gasteiger partial charge >= 0.3 is 0 Å². The second-order valence-electron chi connectivity index (χ2n) is 5.71. The van der Waals surface area contributed by atoms with Crippen molar-refractivity contribution < 1.29 is 0 Å². The molecule has 0 aliphatic rings. The first-order valence-electron chi connectivity index (χ1n) is 6.30. The Morgan fingerprint density at radius 1 is 1.42 bits per heavy atom. The van der Waals surface area contributed by atoms with Gasteiger partial charge in [0, 0.05) is 19.0 Å². The van der Waals surface area contributed by atoms with E-state index in [2.05, 4.69) is 32.3 Å². The molecule has 102 valence electrons. The van der Waals surface area contributed by atoms with Crippen LogP contribution < -0.4 is 5.73 Å². The predicted molar refractivity (Wildman–Crippen MR) is 77.7 cm³/mol. The van der Waals surface area contributed by atoms with Gasteiger partial charge in [0.1, 0.15) is 17.3 Å². The Morgan fingerprint density at radius 3 is 2.58 bits per heavy atom. The maximum absolute atomic E-state index is 6.26. The van der Waals surface area contributed by atoms with Crippen LogP contribution in [0.5, 0.6) is 0 Å². The Bertz CT molecular complexity index is 598. The molecule has 2 rings (SSSR count). The minimum Gasteiger partial charge on any atom is -0.383 e. The average molecular weight is 259 g/mol. The van der Waals surface area contributed by atoms with Crippen molar-refractivity contribution in [3.63, 3.8) is 0 Å². The monoisotopic (exact) mass is 259 g/mol. The molecular formula is C14H21N5. The van der Waals surface area contributed by atoms with E-state index in [1.54, 1.807) is 12.5 Å². The van der Waals surface area contributed by atoms with Gasteiger partial charge in [-0.3, -0.25) is 0 Å². The molecule has 0 aliphatic carbocycles. The quantitative estimate of drug-likeness (QED) is 0.861. The zero-order chi connectivity index (χ0) is 14.2. The molecule has 19 heavy (non-hydrogen) atoms. The molecule has 0 amide bonds. The van der Waals surface area contributed by atoms with Crippen molar-refractivity contribution in [1.82, 2.24) is 19.1 Å². The molecule has 0 aliphatic heterocycles. The number of hydrogen-bond donors (Lipinski definition) is 1. The maximum atomic E-state index is 6.26. The number of nitrogen functional groups attached to an aromatic ring is 1. The van der Waals surface area contributed by atoms with Crippen LogP contribution in [0.4, 0.5) is 5.82 Å². The second kappa shape index (κ2) is 4.57. The molecule has 5 nitrogen and oxygen atoms in total. The number of nitrogens with zero attached hydrogens (tertiary/aromatic N) is 4. The van der Waals surface area contributed by atoms with Crippen molar-refractivity contribution in [2.75, 3.05) is 5.73 Å². The van der Waals surface area contributed by atoms with Crippen LogP contribution in [-0.2, 0) is 19.0 Å². The Labute approximate surface area is 113 Å². The molecule has 0 spiro atoms. The molecule has 0 fully saturated rings. The highest BCUT2D eigenvalue weighted by molar-refractivity contribution is 5.68. The van der Waals surface area contributed by atoms with E-state index in [1.807, 2.05) is 22.3 Å². The summed E-state index contributed by atoms with van der Waals surface area (Å²) in [5.41, 5.74) is 7.89. The first-order chi connectivity index (χ1) is 8.86. The lowest BCUT2D eigenvalue weighted by Gasteiger charge is -2.19. The smallest absolute Gasteiger partial charge is 0.133 e. The van der Waals surface area contributed by atoms with Gasteiger partial charge in [0.15, 0.2) is 0 Å². The van der Waals surface area contributed by atoms with E-state index in [4.69, 9.17) is 10.7 Å². The lowest BCUT2D eigenvalue weighted by Crippen LogP contribution is -2.19. The molecule has 0 aromatic carbocycles. The number of allylic oxidation sites excluding steroid dienone is 1. The molecule has 0 atom stereocenters. The number of nitrogens with two attached hydrogens (primary N) is 1. The molecule has 5 heteroatoms. The zero-order valence-electron chi connectivity index (χ0n) is 12.0. The van der Waals surface area contributed by atoms with Crippen LogP contribution in [0.2, 0.25) is 0 Å². The van der Waals surface area contributed by atoms with Crippen LogP contribution in [0, 0.1) is 0 Å². The first kappa shape index (κ1) is 13.4. The summed E-state index contributed by atoms with van der Waals surface area (Å²) in [5, 5.41) is 0. The molecule has 2 aromatic heterocycles. The number of rotatable bonds is 3. The summed E-state index contributed by atoms with van der Waals surface area (Å²) < 4.78 is 3.93. The van der Waals surface area contributed by atoms with Gasteiger partial charge in [-0.25, -0.2) is 9.97 Å². The molecule has 2 N–H and O–H groups in total. The number of anilines is 1. The lowest BCUT2D eigenvalue weighted by molar-refractivity contribution is 0.515. The fraction of sp³-hybridized carbons (Fsp3) is 0.429. The van der Waals surface area contributed by atoms with E-state index in [1.165, 1.54) is 0 Å². The lowest BCUT2D eigenvalue weighted by atomic mass is 9.95. The molecule has 0 radical (unpaired) electrons. The van der Waals surface area contributed by atoms with Crippen molar-refractivity contribution in [3.05, 3.63) is 31.0 Å². The van der Waals surface area contributed by atoms with E-state index in [-0.39, 0.29) is 5.41 Å². The number of hydrogen-bond acceptors (Lipinski definition) is 3. The minimum atomic E-state index is -0.0754. The van der Waals surface area contributed by atoms with Crippen molar-refractivity contribution in [3.8, 4) is 11.4 Å². The molecule has 0 unspecified atom stereocenters. The first-order valence-corrected chi connectivity index (χ1v) is 6.30. The fourth-order valence-corrected chi connectivity index (χ4v) is 2.13. The summed E-state index contributed by atoms with van der Waals surface area (Å²) in [6.45, 7) is 10.8. The topological polar surface area (TPSA) is 61.7 Å². The van der Waals surface area contributed by atoms with E-state index in [9.17, 15) is 0 Å². The normalized spacial score (nSPS) is 11.8. The highest BCUT2D eigenvalue weighted by Crippen LogP contribution is 2.31. The molecule has 0 saturated heterocycles. The van der Waals surface area contributed by atoms with Gasteiger partial charge in [-0.2, -0.15) is 0 Å². The van der Waals surface area contributed by atoms with Crippen LogP contribution in [0.3, 0.4) is 0 Å². The minimum absolute atomic E-state index is 0.0754. The van der Waals surface area contributed by atoms with Gasteiger partial charge in [0.2, 0.25) is 0 Å². The summed E-state index contributed by atoms with van der Waals surface area (Å²) in [5.74, 6) is 1.62. The van der Waals surface area contributed by atoms with E-state index in [0.29, 0.717) is 12.4 Å². The third kappa shape index (κ3) is 2.28. The van der Waals surface area contributed by atoms with Gasteiger partial charge < -0.3 is 14.9 Å². The molecule has 0 bridgehead atoms. The largest absolute Gasteiger partial charge is 0.383 e. The van der Waals surface area contributed by atoms with Crippen LogP contribution in [0.1, 0.15) is 26.6 Å². The van der Waals surface area contributed by atoms with Gasteiger partial charge in [-0.05, 0) is 0 Å². The fourth-order valence-electron chi connectivity index (χ4n) is 2.13. The molecule has 2 aromatic rings. The molecule has 2 heterocycles. The Kier molecular flexibility index (Phi) is 3.22. The van der Waals surface area contributed by atoms with E-state index in [0.717, 1.165) is 17.2 Å². The predicted octanol–water partition coefficient (Wildman–Crippen LogP) is 2.35. The Morgan fingerprint density at radius 2 is 2.11 bits per heavy atom. The third-order valence-corrected chi connectivity index (χ3v) is 3.05. The SMILES string of the molecule is C=CCn1c(C(C)(C)C)nc(-c2cncn2C)c1N. The molecule has 0 saturated carbocycles. The van der Waals surface area contributed by atoms with Crippen LogP contribution in [0.25, 0.3) is 11.4 Å². The summed E-state index contributed by atoms with van der Waals surface area (Å²) in [7, 11) is 1.94. The summed E-state index contributed by atoms with van der Waals surface area (Å²) in [6, 6.07) is 0. The number of aryl methyl sites for hydroxylation is 1. The van der Waals surface area contributed by atoms with E-state index >= 15 is 0 Å². The summed E-state index contributed by atoms with van der Waals surface area (Å²) >= 11 is 0. The Balaban J connectivity index is 2.65. The third-order valence-electron chi connectivity index (χ3n) is 3.05. The number of imidazole rings is 2. The standard InChI is InChI=1S/C14H21N5/c1-6-7-19-12(15)11(10-8-16-9-18(10)5)17-13(19)14(2,3)4/h6,8-9H,1,7,15H2,2-5H3. The molecular weight excluding hydrogens is 238 g/mol. The van der Waals surface area contributed by atoms with Gasteiger partial charge in [-0.15, -0.1) is 6.58 Å². The van der Waals surface area contributed by atoms with Gasteiger partial charge in [0.25, 0.3) is 0 Å². The second-order valence-corrected chi connectivity index (χ2v) is 5.71. The zero-order valence-corrected chi connectivity index (χ0v) is 12.0.